The zero-order valence-corrected chi connectivity index (χ0v) is 16.0. The lowest BCUT2D eigenvalue weighted by molar-refractivity contribution is 0.0926. The molecule has 1 aliphatic rings. The number of anilines is 1. The van der Waals surface area contributed by atoms with Crippen LogP contribution < -0.4 is 14.4 Å². The highest BCUT2D eigenvalue weighted by Crippen LogP contribution is 2.36. The molecular formula is C24H16N2O4. The molecule has 1 aliphatic heterocycles. The first kappa shape index (κ1) is 17.9. The Kier molecular flexibility index (Phi) is 4.17. The van der Waals surface area contributed by atoms with Crippen LogP contribution in [0.1, 0.15) is 20.7 Å². The molecule has 0 saturated carbocycles. The van der Waals surface area contributed by atoms with Gasteiger partial charge in [0.15, 0.2) is 11.5 Å². The standard InChI is InChI=1S/C24H16N2O4/c1-29-20-9-2-3-10-21(20)30-16-11-12-17-18(14-16)24(28)26(23(17)27)19-8-4-6-15-7-5-13-25-22(15)19/h2-14H,1H3. The van der Waals surface area contributed by atoms with E-state index in [1.807, 2.05) is 30.3 Å². The van der Waals surface area contributed by atoms with Crippen LogP contribution in [-0.2, 0) is 0 Å². The maximum Gasteiger partial charge on any atom is 0.266 e. The molecule has 5 rings (SSSR count). The molecule has 0 radical (unpaired) electrons. The summed E-state index contributed by atoms with van der Waals surface area (Å²) in [5, 5.41) is 0.853. The molecule has 30 heavy (non-hydrogen) atoms. The molecule has 0 saturated heterocycles. The lowest BCUT2D eigenvalue weighted by atomic mass is 10.1. The predicted molar refractivity (Wildman–Crippen MR) is 112 cm³/mol. The van der Waals surface area contributed by atoms with E-state index >= 15 is 0 Å². The number of para-hydroxylation sites is 3. The van der Waals surface area contributed by atoms with E-state index in [9.17, 15) is 9.59 Å². The van der Waals surface area contributed by atoms with Crippen LogP contribution in [0.5, 0.6) is 17.2 Å². The van der Waals surface area contributed by atoms with Crippen LogP contribution in [0.3, 0.4) is 0 Å². The number of benzene rings is 3. The fourth-order valence-corrected chi connectivity index (χ4v) is 3.60. The minimum absolute atomic E-state index is 0.292. The van der Waals surface area contributed by atoms with Crippen molar-refractivity contribution in [3.63, 3.8) is 0 Å². The summed E-state index contributed by atoms with van der Waals surface area (Å²) in [6.07, 6.45) is 1.64. The molecule has 6 heteroatoms. The zero-order valence-electron chi connectivity index (χ0n) is 16.0. The van der Waals surface area contributed by atoms with Crippen LogP contribution in [0.4, 0.5) is 5.69 Å². The Bertz CT molecular complexity index is 1310. The van der Waals surface area contributed by atoms with Crippen molar-refractivity contribution < 1.29 is 19.1 Å². The van der Waals surface area contributed by atoms with Crippen molar-refractivity contribution in [3.8, 4) is 17.2 Å². The number of imide groups is 1. The van der Waals surface area contributed by atoms with E-state index in [1.165, 1.54) is 4.90 Å². The van der Waals surface area contributed by atoms with Crippen LogP contribution in [-0.4, -0.2) is 23.9 Å². The molecule has 2 heterocycles. The topological polar surface area (TPSA) is 68.7 Å². The van der Waals surface area contributed by atoms with Gasteiger partial charge in [0.25, 0.3) is 11.8 Å². The molecule has 6 nitrogen and oxygen atoms in total. The predicted octanol–water partition coefficient (Wildman–Crippen LogP) is 4.84. The Hall–Kier alpha value is -4.19. The number of hydrogen-bond donors (Lipinski definition) is 0. The molecule has 0 bridgehead atoms. The van der Waals surface area contributed by atoms with E-state index in [0.717, 1.165) is 5.39 Å². The summed E-state index contributed by atoms with van der Waals surface area (Å²) in [5.41, 5.74) is 1.69. The van der Waals surface area contributed by atoms with E-state index in [2.05, 4.69) is 4.98 Å². The molecule has 0 spiro atoms. The average molecular weight is 396 g/mol. The van der Waals surface area contributed by atoms with Crippen LogP contribution in [0.25, 0.3) is 10.9 Å². The number of fused-ring (bicyclic) bond motifs is 2. The fraction of sp³-hybridized carbons (Fsp3) is 0.0417. The Morgan fingerprint density at radius 3 is 2.40 bits per heavy atom. The van der Waals surface area contributed by atoms with Crippen molar-refractivity contribution in [2.75, 3.05) is 12.0 Å². The maximum absolute atomic E-state index is 13.2. The van der Waals surface area contributed by atoms with Crippen LogP contribution in [0.15, 0.2) is 79.0 Å². The lowest BCUT2D eigenvalue weighted by Gasteiger charge is -2.15. The van der Waals surface area contributed by atoms with Gasteiger partial charge >= 0.3 is 0 Å². The second-order valence-corrected chi connectivity index (χ2v) is 6.76. The van der Waals surface area contributed by atoms with Gasteiger partial charge in [0.05, 0.1) is 29.4 Å². The summed E-state index contributed by atoms with van der Waals surface area (Å²) in [5.74, 6) is 0.753. The number of carbonyl (C=O) groups excluding carboxylic acids is 2. The summed E-state index contributed by atoms with van der Waals surface area (Å²) in [7, 11) is 1.56. The van der Waals surface area contributed by atoms with Crippen molar-refractivity contribution in [3.05, 3.63) is 90.1 Å². The molecule has 0 atom stereocenters. The third kappa shape index (κ3) is 2.78. The molecule has 0 fully saturated rings. The second kappa shape index (κ2) is 7.00. The molecule has 0 aliphatic carbocycles. The molecule has 0 unspecified atom stereocenters. The Labute approximate surface area is 172 Å². The molecule has 4 aromatic rings. The summed E-state index contributed by atoms with van der Waals surface area (Å²) in [6, 6.07) is 21.2. The summed E-state index contributed by atoms with van der Waals surface area (Å²) < 4.78 is 11.2. The summed E-state index contributed by atoms with van der Waals surface area (Å²) in [6.45, 7) is 0. The lowest BCUT2D eigenvalue weighted by Crippen LogP contribution is -2.29. The van der Waals surface area contributed by atoms with Crippen molar-refractivity contribution in [1.82, 2.24) is 4.98 Å². The van der Waals surface area contributed by atoms with Crippen LogP contribution in [0.2, 0.25) is 0 Å². The number of carbonyl (C=O) groups is 2. The molecule has 0 N–H and O–H groups in total. The summed E-state index contributed by atoms with van der Waals surface area (Å²) in [4.78, 5) is 31.8. The first-order valence-corrected chi connectivity index (χ1v) is 9.35. The van der Waals surface area contributed by atoms with E-state index in [-0.39, 0.29) is 5.91 Å². The van der Waals surface area contributed by atoms with Crippen LogP contribution >= 0.6 is 0 Å². The number of nitrogens with zero attached hydrogens (tertiary/aromatic N) is 2. The van der Waals surface area contributed by atoms with Gasteiger partial charge in [0, 0.05) is 11.6 Å². The monoisotopic (exact) mass is 396 g/mol. The van der Waals surface area contributed by atoms with E-state index in [1.54, 1.807) is 55.8 Å². The molecular weight excluding hydrogens is 380 g/mol. The van der Waals surface area contributed by atoms with Gasteiger partial charge in [-0.15, -0.1) is 0 Å². The van der Waals surface area contributed by atoms with Crippen molar-refractivity contribution in [2.45, 2.75) is 0 Å². The first-order chi connectivity index (χ1) is 14.7. The highest BCUT2D eigenvalue weighted by Gasteiger charge is 2.38. The number of methoxy groups -OCH3 is 1. The minimum atomic E-state index is -0.404. The third-order valence-electron chi connectivity index (χ3n) is 5.01. The van der Waals surface area contributed by atoms with E-state index in [4.69, 9.17) is 9.47 Å². The Morgan fingerprint density at radius 2 is 1.57 bits per heavy atom. The fourth-order valence-electron chi connectivity index (χ4n) is 3.60. The maximum atomic E-state index is 13.2. The number of aromatic nitrogens is 1. The van der Waals surface area contributed by atoms with Gasteiger partial charge in [0.2, 0.25) is 0 Å². The highest BCUT2D eigenvalue weighted by atomic mass is 16.5. The van der Waals surface area contributed by atoms with E-state index in [0.29, 0.717) is 39.6 Å². The number of amides is 2. The third-order valence-corrected chi connectivity index (χ3v) is 5.01. The smallest absolute Gasteiger partial charge is 0.266 e. The molecule has 1 aromatic heterocycles. The van der Waals surface area contributed by atoms with Gasteiger partial charge in [-0.25, -0.2) is 4.90 Å². The van der Waals surface area contributed by atoms with Gasteiger partial charge < -0.3 is 9.47 Å². The largest absolute Gasteiger partial charge is 0.493 e. The number of rotatable bonds is 4. The van der Waals surface area contributed by atoms with Crippen molar-refractivity contribution >= 4 is 28.4 Å². The van der Waals surface area contributed by atoms with Gasteiger partial charge in [-0.3, -0.25) is 14.6 Å². The minimum Gasteiger partial charge on any atom is -0.493 e. The number of hydrogen-bond acceptors (Lipinski definition) is 5. The van der Waals surface area contributed by atoms with Crippen molar-refractivity contribution in [1.29, 1.82) is 0 Å². The van der Waals surface area contributed by atoms with Gasteiger partial charge in [-0.05, 0) is 42.5 Å². The second-order valence-electron chi connectivity index (χ2n) is 6.76. The van der Waals surface area contributed by atoms with Gasteiger partial charge in [-0.2, -0.15) is 0 Å². The van der Waals surface area contributed by atoms with Crippen molar-refractivity contribution in [2.24, 2.45) is 0 Å². The number of pyridine rings is 1. The van der Waals surface area contributed by atoms with Gasteiger partial charge in [0.1, 0.15) is 5.75 Å². The quantitative estimate of drug-likeness (QED) is 0.462. The van der Waals surface area contributed by atoms with E-state index < -0.39 is 5.91 Å². The Balaban J connectivity index is 1.54. The highest BCUT2D eigenvalue weighted by molar-refractivity contribution is 6.35. The molecule has 146 valence electrons. The van der Waals surface area contributed by atoms with Gasteiger partial charge in [-0.1, -0.05) is 30.3 Å². The molecule has 2 amide bonds. The zero-order chi connectivity index (χ0) is 20.7. The number of ether oxygens (including phenoxy) is 2. The average Bonchev–Trinajstić information content (AvgIpc) is 3.03. The first-order valence-electron chi connectivity index (χ1n) is 9.35. The molecule has 3 aromatic carbocycles. The SMILES string of the molecule is COc1ccccc1Oc1ccc2c(c1)C(=O)N(c1cccc3cccnc13)C2=O. The summed E-state index contributed by atoms with van der Waals surface area (Å²) >= 11 is 0. The Morgan fingerprint density at radius 1 is 0.800 bits per heavy atom. The van der Waals surface area contributed by atoms with Crippen LogP contribution in [0, 0.1) is 0 Å². The normalized spacial score (nSPS) is 12.9.